The highest BCUT2D eigenvalue weighted by Crippen LogP contribution is 2.27. The summed E-state index contributed by atoms with van der Waals surface area (Å²) in [6.07, 6.45) is 0. The smallest absolute Gasteiger partial charge is 0.274 e. The lowest BCUT2D eigenvalue weighted by atomic mass is 10.1. The lowest BCUT2D eigenvalue weighted by molar-refractivity contribution is -0.385. The molecule has 0 spiro atoms. The first-order valence-corrected chi connectivity index (χ1v) is 9.44. The van der Waals surface area contributed by atoms with Crippen LogP contribution in [0.25, 0.3) is 0 Å². The normalized spacial score (nSPS) is 10.5. The third kappa shape index (κ3) is 4.47. The minimum Gasteiger partial charge on any atom is -0.486 e. The van der Waals surface area contributed by atoms with Crippen molar-refractivity contribution in [2.45, 2.75) is 20.5 Å². The van der Waals surface area contributed by atoms with Gasteiger partial charge in [-0.1, -0.05) is 17.7 Å². The standard InChI is InChI=1S/C19H16ClN3O4S/c1-11-15(4-3-5-16(11)23(25)26)22-19(24)18-12(2)21-17(28-18)10-27-14-8-6-13(20)7-9-14/h3-9H,10H2,1-2H3,(H,22,24). The van der Waals surface area contributed by atoms with Crippen LogP contribution in [0.4, 0.5) is 11.4 Å². The van der Waals surface area contributed by atoms with Crippen molar-refractivity contribution in [1.82, 2.24) is 4.98 Å². The molecule has 0 saturated heterocycles. The predicted octanol–water partition coefficient (Wildman–Crippen LogP) is 5.15. The predicted molar refractivity (Wildman–Crippen MR) is 108 cm³/mol. The number of amides is 1. The fourth-order valence-electron chi connectivity index (χ4n) is 2.54. The number of carbonyl (C=O) groups excluding carboxylic acids is 1. The fourth-order valence-corrected chi connectivity index (χ4v) is 3.54. The van der Waals surface area contributed by atoms with Crippen LogP contribution in [0.5, 0.6) is 5.75 Å². The van der Waals surface area contributed by atoms with E-state index in [9.17, 15) is 14.9 Å². The van der Waals surface area contributed by atoms with Crippen LogP contribution in [0.3, 0.4) is 0 Å². The second-order valence-corrected chi connectivity index (χ2v) is 7.45. The molecule has 2 aromatic carbocycles. The van der Waals surface area contributed by atoms with Crippen LogP contribution >= 0.6 is 22.9 Å². The zero-order chi connectivity index (χ0) is 20.3. The minimum absolute atomic E-state index is 0.0455. The van der Waals surface area contributed by atoms with E-state index in [1.54, 1.807) is 44.2 Å². The van der Waals surface area contributed by atoms with Gasteiger partial charge in [-0.05, 0) is 44.2 Å². The number of nitro benzene ring substituents is 1. The Morgan fingerprint density at radius 1 is 1.25 bits per heavy atom. The van der Waals surface area contributed by atoms with Gasteiger partial charge in [0.15, 0.2) is 0 Å². The average molecular weight is 418 g/mol. The molecule has 0 unspecified atom stereocenters. The summed E-state index contributed by atoms with van der Waals surface area (Å²) in [6.45, 7) is 3.55. The van der Waals surface area contributed by atoms with Gasteiger partial charge in [-0.15, -0.1) is 11.3 Å². The van der Waals surface area contributed by atoms with Crippen molar-refractivity contribution in [2.75, 3.05) is 5.32 Å². The molecule has 3 rings (SSSR count). The van der Waals surface area contributed by atoms with E-state index in [0.717, 1.165) is 0 Å². The molecule has 0 radical (unpaired) electrons. The summed E-state index contributed by atoms with van der Waals surface area (Å²) in [4.78, 5) is 28.0. The Bertz CT molecular complexity index is 1030. The van der Waals surface area contributed by atoms with Crippen LogP contribution in [0, 0.1) is 24.0 Å². The Hall–Kier alpha value is -2.97. The summed E-state index contributed by atoms with van der Waals surface area (Å²) >= 11 is 7.06. The zero-order valence-corrected chi connectivity index (χ0v) is 16.6. The van der Waals surface area contributed by atoms with E-state index in [-0.39, 0.29) is 18.2 Å². The van der Waals surface area contributed by atoms with Gasteiger partial charge in [0.1, 0.15) is 22.2 Å². The number of hydrogen-bond acceptors (Lipinski definition) is 6. The summed E-state index contributed by atoms with van der Waals surface area (Å²) in [5.74, 6) is 0.284. The second kappa shape index (κ2) is 8.37. The molecule has 3 aromatic rings. The van der Waals surface area contributed by atoms with Gasteiger partial charge in [-0.3, -0.25) is 14.9 Å². The van der Waals surface area contributed by atoms with Crippen molar-refractivity contribution in [1.29, 1.82) is 0 Å². The number of ether oxygens (including phenoxy) is 1. The Balaban J connectivity index is 1.72. The molecule has 0 aliphatic heterocycles. The van der Waals surface area contributed by atoms with Gasteiger partial charge in [0.2, 0.25) is 0 Å². The summed E-state index contributed by atoms with van der Waals surface area (Å²) in [5.41, 5.74) is 1.32. The highest BCUT2D eigenvalue weighted by atomic mass is 35.5. The number of benzene rings is 2. The Morgan fingerprint density at radius 2 is 1.96 bits per heavy atom. The third-order valence-corrected chi connectivity index (χ3v) is 5.35. The van der Waals surface area contributed by atoms with E-state index >= 15 is 0 Å². The molecule has 28 heavy (non-hydrogen) atoms. The molecule has 1 amide bonds. The van der Waals surface area contributed by atoms with Gasteiger partial charge < -0.3 is 10.1 Å². The molecule has 0 bridgehead atoms. The fraction of sp³-hybridized carbons (Fsp3) is 0.158. The van der Waals surface area contributed by atoms with Crippen LogP contribution in [-0.2, 0) is 6.61 Å². The number of rotatable bonds is 6. The van der Waals surface area contributed by atoms with Crippen LogP contribution in [-0.4, -0.2) is 15.8 Å². The van der Waals surface area contributed by atoms with Gasteiger partial charge in [0, 0.05) is 11.1 Å². The van der Waals surface area contributed by atoms with E-state index in [1.807, 2.05) is 0 Å². The number of aryl methyl sites for hydroxylation is 1. The van der Waals surface area contributed by atoms with Gasteiger partial charge in [-0.25, -0.2) is 4.98 Å². The number of nitrogens with one attached hydrogen (secondary N) is 1. The largest absolute Gasteiger partial charge is 0.486 e. The summed E-state index contributed by atoms with van der Waals surface area (Å²) < 4.78 is 5.66. The topological polar surface area (TPSA) is 94.4 Å². The molecule has 0 aliphatic rings. The maximum absolute atomic E-state index is 12.6. The molecule has 7 nitrogen and oxygen atoms in total. The van der Waals surface area contributed by atoms with Gasteiger partial charge in [-0.2, -0.15) is 0 Å². The number of aromatic nitrogens is 1. The first kappa shape index (κ1) is 19.8. The van der Waals surface area contributed by atoms with Gasteiger partial charge in [0.05, 0.1) is 21.9 Å². The number of carbonyl (C=O) groups is 1. The monoisotopic (exact) mass is 417 g/mol. The van der Waals surface area contributed by atoms with E-state index in [1.165, 1.54) is 23.5 Å². The molecule has 1 aromatic heterocycles. The first-order chi connectivity index (χ1) is 13.3. The summed E-state index contributed by atoms with van der Waals surface area (Å²) in [5, 5.41) is 15.1. The lowest BCUT2D eigenvalue weighted by Gasteiger charge is -2.07. The number of nitro groups is 1. The average Bonchev–Trinajstić information content (AvgIpc) is 3.03. The minimum atomic E-state index is -0.477. The molecule has 1 N–H and O–H groups in total. The number of nitrogens with zero attached hydrogens (tertiary/aromatic N) is 2. The van der Waals surface area contributed by atoms with Crippen LogP contribution in [0.15, 0.2) is 42.5 Å². The molecule has 0 aliphatic carbocycles. The van der Waals surface area contributed by atoms with E-state index in [4.69, 9.17) is 16.3 Å². The molecule has 0 atom stereocenters. The Kier molecular flexibility index (Phi) is 5.91. The van der Waals surface area contributed by atoms with Crippen molar-refractivity contribution in [3.8, 4) is 5.75 Å². The van der Waals surface area contributed by atoms with E-state index in [2.05, 4.69) is 10.3 Å². The van der Waals surface area contributed by atoms with Crippen LogP contribution < -0.4 is 10.1 Å². The van der Waals surface area contributed by atoms with Crippen molar-refractivity contribution < 1.29 is 14.5 Å². The highest BCUT2D eigenvalue weighted by Gasteiger charge is 2.19. The molecule has 0 saturated carbocycles. The lowest BCUT2D eigenvalue weighted by Crippen LogP contribution is -2.13. The molecule has 1 heterocycles. The Labute approximate surface area is 170 Å². The number of thiazole rings is 1. The Morgan fingerprint density at radius 3 is 2.64 bits per heavy atom. The SMILES string of the molecule is Cc1nc(COc2ccc(Cl)cc2)sc1C(=O)Nc1cccc([N+](=O)[O-])c1C. The summed E-state index contributed by atoms with van der Waals surface area (Å²) in [6, 6.07) is 11.5. The van der Waals surface area contributed by atoms with Crippen molar-refractivity contribution in [3.05, 3.63) is 78.7 Å². The quantitative estimate of drug-likeness (QED) is 0.442. The second-order valence-electron chi connectivity index (χ2n) is 5.93. The zero-order valence-electron chi connectivity index (χ0n) is 15.1. The van der Waals surface area contributed by atoms with Gasteiger partial charge in [0.25, 0.3) is 11.6 Å². The molecular formula is C19H16ClN3O4S. The van der Waals surface area contributed by atoms with E-state index in [0.29, 0.717) is 37.6 Å². The van der Waals surface area contributed by atoms with Crippen LogP contribution in [0.2, 0.25) is 5.02 Å². The first-order valence-electron chi connectivity index (χ1n) is 8.25. The van der Waals surface area contributed by atoms with Crippen molar-refractivity contribution in [2.24, 2.45) is 0 Å². The van der Waals surface area contributed by atoms with E-state index < -0.39 is 4.92 Å². The van der Waals surface area contributed by atoms with Crippen molar-refractivity contribution >= 4 is 40.2 Å². The molecule has 9 heteroatoms. The van der Waals surface area contributed by atoms with Crippen molar-refractivity contribution in [3.63, 3.8) is 0 Å². The molecule has 0 fully saturated rings. The number of halogens is 1. The number of anilines is 1. The molecule has 144 valence electrons. The highest BCUT2D eigenvalue weighted by molar-refractivity contribution is 7.13. The number of hydrogen-bond donors (Lipinski definition) is 1. The summed E-state index contributed by atoms with van der Waals surface area (Å²) in [7, 11) is 0. The maximum Gasteiger partial charge on any atom is 0.274 e. The third-order valence-electron chi connectivity index (χ3n) is 3.97. The van der Waals surface area contributed by atoms with Gasteiger partial charge >= 0.3 is 0 Å². The van der Waals surface area contributed by atoms with Crippen LogP contribution in [0.1, 0.15) is 25.9 Å². The molecular weight excluding hydrogens is 402 g/mol. The maximum atomic E-state index is 12.6.